The second kappa shape index (κ2) is 4.89. The van der Waals surface area contributed by atoms with Gasteiger partial charge in [-0.15, -0.1) is 0 Å². The molecule has 0 amide bonds. The van der Waals surface area contributed by atoms with Crippen LogP contribution in [0.25, 0.3) is 0 Å². The Hall–Kier alpha value is -0.340. The van der Waals surface area contributed by atoms with Crippen LogP contribution in [0.1, 0.15) is 54.4 Å². The molecule has 16 heavy (non-hydrogen) atoms. The molecule has 1 saturated heterocycles. The molecule has 0 N–H and O–H groups in total. The van der Waals surface area contributed by atoms with Gasteiger partial charge in [-0.05, 0) is 23.7 Å². The molecule has 1 heterocycles. The normalized spacial score (nSPS) is 20.4. The van der Waals surface area contributed by atoms with Crippen LogP contribution in [0.15, 0.2) is 12.2 Å². The van der Waals surface area contributed by atoms with Crippen molar-refractivity contribution in [3.8, 4) is 0 Å². The van der Waals surface area contributed by atoms with E-state index in [9.17, 15) is 0 Å². The van der Waals surface area contributed by atoms with Crippen LogP contribution in [-0.4, -0.2) is 6.29 Å². The van der Waals surface area contributed by atoms with E-state index in [4.69, 9.17) is 9.78 Å². The molecular weight excluding hydrogens is 200 g/mol. The molecule has 1 aliphatic heterocycles. The maximum Gasteiger partial charge on any atom is 0.231 e. The van der Waals surface area contributed by atoms with Crippen LogP contribution in [-0.2, 0) is 9.78 Å². The maximum atomic E-state index is 4.94. The molecular formula is C14H26O2. The van der Waals surface area contributed by atoms with Gasteiger partial charge in [0.2, 0.25) is 6.29 Å². The van der Waals surface area contributed by atoms with Crippen LogP contribution < -0.4 is 0 Å². The summed E-state index contributed by atoms with van der Waals surface area (Å²) in [5, 5.41) is 0. The van der Waals surface area contributed by atoms with Gasteiger partial charge in [-0.25, -0.2) is 0 Å². The van der Waals surface area contributed by atoms with Gasteiger partial charge in [0.25, 0.3) is 0 Å². The molecule has 1 unspecified atom stereocenters. The molecule has 0 aromatic rings. The smallest absolute Gasteiger partial charge is 0.198 e. The van der Waals surface area contributed by atoms with E-state index in [0.717, 1.165) is 6.42 Å². The third-order valence-corrected chi connectivity index (χ3v) is 2.90. The lowest BCUT2D eigenvalue weighted by molar-refractivity contribution is 0.0850. The van der Waals surface area contributed by atoms with Crippen LogP contribution >= 0.6 is 0 Å². The summed E-state index contributed by atoms with van der Waals surface area (Å²) < 4.78 is 0. The molecule has 1 fully saturated rings. The standard InChI is InChI=1S/C14H26O2/c1-13(2,3)10-8-7-9-11(12-15-16-12)14(4,5)6/h7,9,11-12H,8,10H2,1-6H3/b9-7+. The Balaban J connectivity index is 2.40. The molecule has 1 aliphatic rings. The number of hydrogen-bond acceptors (Lipinski definition) is 2. The Morgan fingerprint density at radius 2 is 1.62 bits per heavy atom. The van der Waals surface area contributed by atoms with E-state index in [1.165, 1.54) is 6.42 Å². The topological polar surface area (TPSA) is 25.1 Å². The molecule has 0 aliphatic carbocycles. The minimum Gasteiger partial charge on any atom is -0.198 e. The van der Waals surface area contributed by atoms with Gasteiger partial charge in [0.15, 0.2) is 0 Å². The molecule has 1 atom stereocenters. The highest BCUT2D eigenvalue weighted by molar-refractivity contribution is 4.97. The first-order chi connectivity index (χ1) is 7.20. The Bertz CT molecular complexity index is 238. The Labute approximate surface area is 99.9 Å². The molecule has 0 saturated carbocycles. The van der Waals surface area contributed by atoms with Gasteiger partial charge in [-0.2, -0.15) is 9.78 Å². The summed E-state index contributed by atoms with van der Waals surface area (Å²) in [6.07, 6.45) is 6.84. The third-order valence-electron chi connectivity index (χ3n) is 2.90. The van der Waals surface area contributed by atoms with Gasteiger partial charge in [0, 0.05) is 5.92 Å². The average molecular weight is 226 g/mol. The number of hydrogen-bond donors (Lipinski definition) is 0. The van der Waals surface area contributed by atoms with Crippen LogP contribution in [0.5, 0.6) is 0 Å². The second-order valence-corrected chi connectivity index (χ2v) is 6.98. The van der Waals surface area contributed by atoms with E-state index in [1.54, 1.807) is 0 Å². The molecule has 0 radical (unpaired) electrons. The van der Waals surface area contributed by atoms with E-state index >= 15 is 0 Å². The number of allylic oxidation sites excluding steroid dienone is 1. The Kier molecular flexibility index (Phi) is 4.19. The fourth-order valence-electron chi connectivity index (χ4n) is 1.70. The van der Waals surface area contributed by atoms with E-state index in [1.807, 2.05) is 0 Å². The molecule has 94 valence electrons. The zero-order valence-corrected chi connectivity index (χ0v) is 11.5. The predicted molar refractivity (Wildman–Crippen MR) is 66.7 cm³/mol. The monoisotopic (exact) mass is 226 g/mol. The van der Waals surface area contributed by atoms with E-state index in [-0.39, 0.29) is 11.7 Å². The summed E-state index contributed by atoms with van der Waals surface area (Å²) in [5.74, 6) is 0.354. The molecule has 0 aromatic heterocycles. The fourth-order valence-corrected chi connectivity index (χ4v) is 1.70. The van der Waals surface area contributed by atoms with Crippen molar-refractivity contribution in [1.29, 1.82) is 0 Å². The van der Waals surface area contributed by atoms with Crippen LogP contribution in [0, 0.1) is 16.7 Å². The first-order valence-corrected chi connectivity index (χ1v) is 6.19. The summed E-state index contributed by atoms with van der Waals surface area (Å²) in [7, 11) is 0. The maximum absolute atomic E-state index is 4.94. The van der Waals surface area contributed by atoms with Gasteiger partial charge in [-0.1, -0.05) is 53.7 Å². The SMILES string of the molecule is CC(C)(C)CC/C=C/C(C1OO1)C(C)(C)C. The summed E-state index contributed by atoms with van der Waals surface area (Å²) in [4.78, 5) is 9.89. The Morgan fingerprint density at radius 1 is 1.06 bits per heavy atom. The van der Waals surface area contributed by atoms with E-state index in [2.05, 4.69) is 53.7 Å². The number of rotatable bonds is 4. The molecule has 2 heteroatoms. The van der Waals surface area contributed by atoms with Crippen molar-refractivity contribution in [1.82, 2.24) is 0 Å². The first kappa shape index (κ1) is 13.7. The summed E-state index contributed by atoms with van der Waals surface area (Å²) in [6.45, 7) is 13.5. The molecule has 0 bridgehead atoms. The van der Waals surface area contributed by atoms with E-state index in [0.29, 0.717) is 11.3 Å². The first-order valence-electron chi connectivity index (χ1n) is 6.19. The van der Waals surface area contributed by atoms with Crippen LogP contribution in [0.3, 0.4) is 0 Å². The lowest BCUT2D eigenvalue weighted by atomic mass is 9.80. The lowest BCUT2D eigenvalue weighted by Gasteiger charge is -2.25. The van der Waals surface area contributed by atoms with Gasteiger partial charge >= 0.3 is 0 Å². The molecule has 1 rings (SSSR count). The zero-order valence-electron chi connectivity index (χ0n) is 11.5. The van der Waals surface area contributed by atoms with Gasteiger partial charge in [0.1, 0.15) is 0 Å². The van der Waals surface area contributed by atoms with Crippen molar-refractivity contribution >= 4 is 0 Å². The third kappa shape index (κ3) is 5.13. The quantitative estimate of drug-likeness (QED) is 0.405. The molecule has 0 spiro atoms. The lowest BCUT2D eigenvalue weighted by Crippen LogP contribution is -2.23. The minimum atomic E-state index is -0.0223. The van der Waals surface area contributed by atoms with Crippen LogP contribution in [0.2, 0.25) is 0 Å². The van der Waals surface area contributed by atoms with Gasteiger partial charge < -0.3 is 0 Å². The van der Waals surface area contributed by atoms with Gasteiger partial charge in [-0.3, -0.25) is 0 Å². The zero-order chi connectivity index (χ0) is 12.4. The van der Waals surface area contributed by atoms with Crippen molar-refractivity contribution < 1.29 is 9.78 Å². The fraction of sp³-hybridized carbons (Fsp3) is 0.857. The summed E-state index contributed by atoms with van der Waals surface area (Å²) >= 11 is 0. The summed E-state index contributed by atoms with van der Waals surface area (Å²) in [5.41, 5.74) is 0.605. The highest BCUT2D eigenvalue weighted by atomic mass is 17.4. The predicted octanol–water partition coefficient (Wildman–Crippen LogP) is 4.32. The average Bonchev–Trinajstić information content (AvgIpc) is 2.82. The largest absolute Gasteiger partial charge is 0.231 e. The minimum absolute atomic E-state index is 0.0223. The van der Waals surface area contributed by atoms with Crippen molar-refractivity contribution in [2.45, 2.75) is 60.7 Å². The van der Waals surface area contributed by atoms with Crippen molar-refractivity contribution in [2.75, 3.05) is 0 Å². The van der Waals surface area contributed by atoms with Crippen molar-refractivity contribution in [3.05, 3.63) is 12.2 Å². The summed E-state index contributed by atoms with van der Waals surface area (Å²) in [6, 6.07) is 0. The van der Waals surface area contributed by atoms with Gasteiger partial charge in [0.05, 0.1) is 0 Å². The highest BCUT2D eigenvalue weighted by Gasteiger charge is 2.41. The molecule has 2 nitrogen and oxygen atoms in total. The Morgan fingerprint density at radius 3 is 2.00 bits per heavy atom. The van der Waals surface area contributed by atoms with Crippen molar-refractivity contribution in [3.63, 3.8) is 0 Å². The molecule has 0 aromatic carbocycles. The highest BCUT2D eigenvalue weighted by Crippen LogP contribution is 2.37. The van der Waals surface area contributed by atoms with Crippen molar-refractivity contribution in [2.24, 2.45) is 16.7 Å². The second-order valence-electron chi connectivity index (χ2n) is 6.98. The van der Waals surface area contributed by atoms with E-state index < -0.39 is 0 Å². The van der Waals surface area contributed by atoms with Crippen LogP contribution in [0.4, 0.5) is 0 Å².